The molecule has 1 radical (unpaired) electrons. The quantitative estimate of drug-likeness (QED) is 0.648. The number of aliphatic carboxylic acids is 1. The molecule has 0 saturated carbocycles. The smallest absolute Gasteiger partial charge is 0.308 e. The Morgan fingerprint density at radius 2 is 2.33 bits per heavy atom. The van der Waals surface area contributed by atoms with E-state index in [9.17, 15) is 9.59 Å². The highest BCUT2D eigenvalue weighted by molar-refractivity contribution is 6.48. The van der Waals surface area contributed by atoms with Crippen molar-refractivity contribution in [3.8, 4) is 0 Å². The van der Waals surface area contributed by atoms with E-state index in [4.69, 9.17) is 9.90 Å². The van der Waals surface area contributed by atoms with Gasteiger partial charge < -0.3 is 14.8 Å². The summed E-state index contributed by atoms with van der Waals surface area (Å²) in [7, 11) is -1.23. The van der Waals surface area contributed by atoms with E-state index in [1.807, 2.05) is 0 Å². The van der Waals surface area contributed by atoms with Gasteiger partial charge in [-0.2, -0.15) is 0 Å². The first-order chi connectivity index (χ1) is 7.00. The molecule has 0 spiro atoms. The number of carboxylic acids is 1. The molecular formula is C9H16NO4Si. The molecule has 15 heavy (non-hydrogen) atoms. The summed E-state index contributed by atoms with van der Waals surface area (Å²) in [5.41, 5.74) is 0. The number of amides is 1. The molecule has 2 N–H and O–H groups in total. The van der Waals surface area contributed by atoms with E-state index in [0.717, 1.165) is 12.5 Å². The van der Waals surface area contributed by atoms with Crippen LogP contribution in [0.2, 0.25) is 12.6 Å². The summed E-state index contributed by atoms with van der Waals surface area (Å²) in [6.07, 6.45) is 0.887. The van der Waals surface area contributed by atoms with Crippen molar-refractivity contribution in [3.05, 3.63) is 0 Å². The molecule has 0 bridgehead atoms. The lowest BCUT2D eigenvalue weighted by Gasteiger charge is -2.15. The lowest BCUT2D eigenvalue weighted by atomic mass is 10.1. The first kappa shape index (κ1) is 12.2. The fraction of sp³-hybridized carbons (Fsp3) is 0.778. The van der Waals surface area contributed by atoms with Crippen LogP contribution in [0.1, 0.15) is 12.8 Å². The van der Waals surface area contributed by atoms with Crippen LogP contribution in [0.15, 0.2) is 0 Å². The zero-order valence-electron chi connectivity index (χ0n) is 8.77. The second-order valence-corrected chi connectivity index (χ2v) is 5.89. The van der Waals surface area contributed by atoms with Gasteiger partial charge in [0, 0.05) is 19.5 Å². The van der Waals surface area contributed by atoms with Gasteiger partial charge in [0.05, 0.1) is 5.92 Å². The maximum absolute atomic E-state index is 11.4. The fourth-order valence-electron chi connectivity index (χ4n) is 1.68. The SMILES string of the molecule is C[Si](O)CCCN1CC(C(=O)O)CC1=O. The average molecular weight is 230 g/mol. The van der Waals surface area contributed by atoms with Crippen LogP contribution in [0.4, 0.5) is 0 Å². The predicted octanol–water partition coefficient (Wildman–Crippen LogP) is -0.0768. The summed E-state index contributed by atoms with van der Waals surface area (Å²) >= 11 is 0. The normalized spacial score (nSPS) is 21.4. The minimum Gasteiger partial charge on any atom is -0.481 e. The second kappa shape index (κ2) is 5.27. The summed E-state index contributed by atoms with van der Waals surface area (Å²) in [6.45, 7) is 2.70. The van der Waals surface area contributed by atoms with E-state index in [-0.39, 0.29) is 12.3 Å². The van der Waals surface area contributed by atoms with Gasteiger partial charge in [0.15, 0.2) is 0 Å². The zero-order chi connectivity index (χ0) is 11.4. The van der Waals surface area contributed by atoms with Crippen molar-refractivity contribution in [2.24, 2.45) is 5.92 Å². The lowest BCUT2D eigenvalue weighted by Crippen LogP contribution is -2.28. The molecule has 6 heteroatoms. The molecule has 1 aliphatic heterocycles. The third-order valence-corrected chi connectivity index (χ3v) is 3.61. The Kier molecular flexibility index (Phi) is 4.28. The van der Waals surface area contributed by atoms with Gasteiger partial charge >= 0.3 is 5.97 Å². The van der Waals surface area contributed by atoms with Crippen LogP contribution in [0.25, 0.3) is 0 Å². The average Bonchev–Trinajstić information content (AvgIpc) is 2.47. The van der Waals surface area contributed by atoms with E-state index in [1.54, 1.807) is 11.4 Å². The maximum Gasteiger partial charge on any atom is 0.308 e. The highest BCUT2D eigenvalue weighted by atomic mass is 28.3. The Balaban J connectivity index is 2.31. The van der Waals surface area contributed by atoms with Crippen LogP contribution in [0.5, 0.6) is 0 Å². The summed E-state index contributed by atoms with van der Waals surface area (Å²) in [4.78, 5) is 32.8. The molecule has 85 valence electrons. The molecule has 1 fully saturated rings. The molecule has 0 aromatic rings. The third-order valence-electron chi connectivity index (χ3n) is 2.53. The molecule has 5 nitrogen and oxygen atoms in total. The van der Waals surface area contributed by atoms with Gasteiger partial charge in [-0.15, -0.1) is 0 Å². The summed E-state index contributed by atoms with van der Waals surface area (Å²) in [6, 6.07) is 0.742. The van der Waals surface area contributed by atoms with Gasteiger partial charge in [0.1, 0.15) is 0 Å². The van der Waals surface area contributed by atoms with Crippen LogP contribution >= 0.6 is 0 Å². The second-order valence-electron chi connectivity index (χ2n) is 3.92. The van der Waals surface area contributed by atoms with Crippen molar-refractivity contribution >= 4 is 20.9 Å². The number of hydrogen-bond donors (Lipinski definition) is 2. The van der Waals surface area contributed by atoms with Crippen molar-refractivity contribution in [3.63, 3.8) is 0 Å². The van der Waals surface area contributed by atoms with E-state index in [2.05, 4.69) is 0 Å². The van der Waals surface area contributed by atoms with Crippen LogP contribution in [-0.2, 0) is 9.59 Å². The predicted molar refractivity (Wildman–Crippen MR) is 55.6 cm³/mol. The number of rotatable bonds is 5. The molecule has 0 aromatic heterocycles. The molecule has 1 amide bonds. The highest BCUT2D eigenvalue weighted by Crippen LogP contribution is 2.18. The molecule has 0 aliphatic carbocycles. The number of likely N-dealkylation sites (tertiary alicyclic amines) is 1. The van der Waals surface area contributed by atoms with Crippen molar-refractivity contribution in [1.29, 1.82) is 0 Å². The van der Waals surface area contributed by atoms with Gasteiger partial charge in [-0.1, -0.05) is 0 Å². The minimum absolute atomic E-state index is 0.0785. The molecule has 1 rings (SSSR count). The Bertz CT molecular complexity index is 256. The first-order valence-electron chi connectivity index (χ1n) is 5.02. The topological polar surface area (TPSA) is 77.8 Å². The van der Waals surface area contributed by atoms with Gasteiger partial charge in [-0.05, 0) is 19.0 Å². The fourth-order valence-corrected chi connectivity index (χ4v) is 2.35. The zero-order valence-corrected chi connectivity index (χ0v) is 9.77. The molecular weight excluding hydrogens is 214 g/mol. The highest BCUT2D eigenvalue weighted by Gasteiger charge is 2.33. The number of carboxylic acid groups (broad SMARTS) is 1. The van der Waals surface area contributed by atoms with Crippen LogP contribution in [0, 0.1) is 5.92 Å². The molecule has 0 aromatic carbocycles. The Labute approximate surface area is 90.4 Å². The summed E-state index contributed by atoms with van der Waals surface area (Å²) in [5, 5.41) is 8.75. The van der Waals surface area contributed by atoms with Crippen LogP contribution < -0.4 is 0 Å². The Morgan fingerprint density at radius 1 is 1.67 bits per heavy atom. The number of nitrogens with zero attached hydrogens (tertiary/aromatic N) is 1. The Morgan fingerprint density at radius 3 is 2.80 bits per heavy atom. The standard InChI is InChI=1S/C9H16NO4Si/c1-15(14)4-2-3-10-6-7(9(12)13)5-8(10)11/h7,14H,2-6H2,1H3,(H,12,13). The molecule has 1 saturated heterocycles. The maximum atomic E-state index is 11.4. The molecule has 1 atom stereocenters. The van der Waals surface area contributed by atoms with Crippen molar-refractivity contribution in [2.45, 2.75) is 25.4 Å². The number of carbonyl (C=O) groups is 2. The first-order valence-corrected chi connectivity index (χ1v) is 7.18. The van der Waals surface area contributed by atoms with Crippen molar-refractivity contribution < 1.29 is 19.5 Å². The van der Waals surface area contributed by atoms with Crippen LogP contribution in [0.3, 0.4) is 0 Å². The molecule has 1 heterocycles. The molecule has 1 aliphatic rings. The van der Waals surface area contributed by atoms with Crippen molar-refractivity contribution in [2.75, 3.05) is 13.1 Å². The van der Waals surface area contributed by atoms with Crippen LogP contribution in [-0.4, -0.2) is 48.8 Å². The largest absolute Gasteiger partial charge is 0.481 e. The van der Waals surface area contributed by atoms with E-state index < -0.39 is 20.9 Å². The van der Waals surface area contributed by atoms with Gasteiger partial charge in [0.2, 0.25) is 14.9 Å². The van der Waals surface area contributed by atoms with Crippen molar-refractivity contribution in [1.82, 2.24) is 4.90 Å². The minimum atomic E-state index is -1.23. The van der Waals surface area contributed by atoms with Gasteiger partial charge in [0.25, 0.3) is 0 Å². The monoisotopic (exact) mass is 230 g/mol. The van der Waals surface area contributed by atoms with E-state index in [1.165, 1.54) is 0 Å². The summed E-state index contributed by atoms with van der Waals surface area (Å²) < 4.78 is 0. The molecule has 1 unspecified atom stereocenters. The number of hydrogen-bond acceptors (Lipinski definition) is 3. The van der Waals surface area contributed by atoms with Gasteiger partial charge in [-0.3, -0.25) is 9.59 Å². The summed E-state index contributed by atoms with van der Waals surface area (Å²) in [5.74, 6) is -1.52. The van der Waals surface area contributed by atoms with Gasteiger partial charge in [-0.25, -0.2) is 0 Å². The Hall–Kier alpha value is -0.883. The lowest BCUT2D eigenvalue weighted by molar-refractivity contribution is -0.141. The van der Waals surface area contributed by atoms with E-state index >= 15 is 0 Å². The third kappa shape index (κ3) is 3.64. The number of carbonyl (C=O) groups excluding carboxylic acids is 1. The van der Waals surface area contributed by atoms with E-state index in [0.29, 0.717) is 13.1 Å².